The zero-order valence-corrected chi connectivity index (χ0v) is 54.3. The second kappa shape index (κ2) is 22.3. The highest BCUT2D eigenvalue weighted by Crippen LogP contribution is 2.82. The number of fused-ring (bicyclic) bond motifs is 7. The first-order valence-electron chi connectivity index (χ1n) is 36.2. The lowest BCUT2D eigenvalue weighted by molar-refractivity contribution is -0.211. The number of hydrogen-bond acceptors (Lipinski definition) is 13. The van der Waals surface area contributed by atoms with Gasteiger partial charge in [0, 0.05) is 77.8 Å². The molecular weight excluding hydrogens is 1160 g/mol. The molecule has 10 aliphatic carbocycles. The Morgan fingerprint density at radius 3 is 2.46 bits per heavy atom. The minimum Gasteiger partial charge on any atom is -0.508 e. The van der Waals surface area contributed by atoms with Crippen LogP contribution in [-0.2, 0) is 22.3 Å². The van der Waals surface area contributed by atoms with Crippen molar-refractivity contribution >= 4 is 10.8 Å². The van der Waals surface area contributed by atoms with Gasteiger partial charge >= 0.3 is 0 Å². The Morgan fingerprint density at radius 2 is 1.62 bits per heavy atom. The molecule has 93 heavy (non-hydrogen) atoms. The van der Waals surface area contributed by atoms with Gasteiger partial charge in [-0.05, 0) is 245 Å². The highest BCUT2D eigenvalue weighted by molar-refractivity contribution is 5.96. The second-order valence-electron chi connectivity index (χ2n) is 31.8. The summed E-state index contributed by atoms with van der Waals surface area (Å²) >= 11 is 0. The first kappa shape index (κ1) is 59.5. The first-order chi connectivity index (χ1) is 45.3. The van der Waals surface area contributed by atoms with Crippen LogP contribution in [-0.4, -0.2) is 94.6 Å². The molecule has 13 heteroatoms. The van der Waals surface area contributed by atoms with E-state index in [9.17, 15) is 25.5 Å². The maximum atomic E-state index is 13.9. The number of ether oxygens (including phenoxy) is 6. The summed E-state index contributed by atoms with van der Waals surface area (Å²) in [6.07, 6.45) is 25.4. The molecule has 9 fully saturated rings. The van der Waals surface area contributed by atoms with Crippen molar-refractivity contribution in [2.45, 2.75) is 196 Å². The molecule has 0 aromatic heterocycles. The van der Waals surface area contributed by atoms with E-state index in [0.29, 0.717) is 90.5 Å². The number of hydrogen-bond donors (Lipinski definition) is 7. The molecule has 0 radical (unpaired) electrons. The van der Waals surface area contributed by atoms with E-state index in [-0.39, 0.29) is 70.8 Å². The van der Waals surface area contributed by atoms with Crippen LogP contribution in [0.4, 0.5) is 0 Å². The summed E-state index contributed by atoms with van der Waals surface area (Å²) in [5, 5.41) is 71.2. The van der Waals surface area contributed by atoms with Gasteiger partial charge in [0.2, 0.25) is 0 Å². The number of nitrogens with one attached hydrogen (secondary N) is 2. The van der Waals surface area contributed by atoms with Crippen molar-refractivity contribution in [1.82, 2.24) is 10.6 Å². The minimum atomic E-state index is -1.09. The van der Waals surface area contributed by atoms with E-state index in [1.165, 1.54) is 77.0 Å². The SMILES string of the molecule is CCc1cc(-c2cccc(O)c2)c(Cc2cc(OC3CCCC3)cc3c2OC[C@H]([C@@H]2[C@H](CCCOC)Oc4c5cc(c6cc(O)ccc46)OCC#C[C@H]4CN[C@@]6(CC7(CCCC7)[C@]78CC[C@@]9(CC[C@H]%10CC[C@@H](C[C@@H]67)[C@H]%109)C8)N[C@]46[C@@H]4C=C[C@@H]([C@H](O)C4)[C@@H]6O[C@@H]52)[C@@H]3O)cc1O. The molecule has 4 heterocycles. The molecule has 7 N–H and O–H groups in total. The maximum absolute atomic E-state index is 13.9. The fourth-order valence-electron chi connectivity index (χ4n) is 24.2. The van der Waals surface area contributed by atoms with Gasteiger partial charge in [0.05, 0.1) is 54.2 Å². The average Bonchev–Trinajstić information content (AvgIpc) is 1.53. The lowest BCUT2D eigenvalue weighted by Gasteiger charge is -2.65. The van der Waals surface area contributed by atoms with Crippen molar-refractivity contribution in [3.8, 4) is 63.2 Å². The van der Waals surface area contributed by atoms with Gasteiger partial charge in [0.1, 0.15) is 53.0 Å². The number of rotatable bonds is 11. The lowest BCUT2D eigenvalue weighted by atomic mass is 9.54. The van der Waals surface area contributed by atoms with E-state index in [2.05, 4.69) is 41.4 Å². The number of aliphatic hydroxyl groups excluding tert-OH is 2. The Labute approximate surface area is 547 Å². The Bertz CT molecular complexity index is 3880. The predicted octanol–water partition coefficient (Wildman–Crippen LogP) is 13.9. The molecule has 6 bridgehead atoms. The zero-order valence-electron chi connectivity index (χ0n) is 54.3. The summed E-state index contributed by atoms with van der Waals surface area (Å²) in [5.41, 5.74) is 5.54. The Morgan fingerprint density at radius 1 is 0.763 bits per heavy atom. The quantitative estimate of drug-likeness (QED) is 0.0378. The van der Waals surface area contributed by atoms with Crippen molar-refractivity contribution in [3.05, 3.63) is 113 Å². The summed E-state index contributed by atoms with van der Waals surface area (Å²) in [6, 6.07) is 22.7. The number of aryl methyl sites for hydroxylation is 1. The third-order valence-corrected chi connectivity index (χ3v) is 27.8. The van der Waals surface area contributed by atoms with Crippen LogP contribution < -0.4 is 29.6 Å². The number of phenols is 3. The Hall–Kier alpha value is -5.98. The van der Waals surface area contributed by atoms with Crippen LogP contribution in [0.3, 0.4) is 0 Å². The maximum Gasteiger partial charge on any atom is 0.149 e. The standard InChI is InChI=1S/C80H94N2O11/c1-3-45-34-59(47-11-8-13-53(83)32-47)49(35-64(45)85)31-50-33-56(91-55-14-4-5-15-55)39-61-71(87)63(42-90-72(50)61)69-66(16-10-29-88-2)92-73-57-22-20-54(84)38-60(57)67-40-62(73)74(69)93-75-58-21-19-51(37-65(58)86)80(75)52(12-9-30-89-67)41-81-79(82-80)44-77(24-6-7-25-77)78-28-27-76(43-78)26-23-46-17-18-48(70(46)76)36-68(78)79/h8,11,13,19-22,32-35,38-40,46,48,51-52,55,58,63,65-66,68-71,74-75,81-87H,3-7,10,14-18,23-31,36-37,41-44H2,1-2H3/t46-,48+,51-,52+,58+,63-,65-,66+,68-,69-,70+,71-,74+,75+,76+,78+,79+,80-/m1/s1. The van der Waals surface area contributed by atoms with Crippen LogP contribution in [0.15, 0.2) is 84.9 Å². The molecule has 0 unspecified atom stereocenters. The van der Waals surface area contributed by atoms with Crippen LogP contribution in [0.25, 0.3) is 21.9 Å². The summed E-state index contributed by atoms with van der Waals surface area (Å²) in [5.74, 6) is 11.6. The topological polar surface area (TPSA) is 181 Å². The Kier molecular flexibility index (Phi) is 14.3. The predicted molar refractivity (Wildman–Crippen MR) is 354 cm³/mol. The van der Waals surface area contributed by atoms with E-state index in [1.807, 2.05) is 43.3 Å². The second-order valence-corrected chi connectivity index (χ2v) is 31.8. The molecule has 4 aliphatic heterocycles. The molecule has 19 rings (SSSR count). The molecular formula is C80H94N2O11. The van der Waals surface area contributed by atoms with Crippen molar-refractivity contribution in [2.24, 2.45) is 69.5 Å². The molecule has 0 amide bonds. The van der Waals surface area contributed by atoms with Gasteiger partial charge in [0.25, 0.3) is 0 Å². The summed E-state index contributed by atoms with van der Waals surface area (Å²) in [7, 11) is 1.74. The molecule has 490 valence electrons. The fraction of sp³-hybridized carbons (Fsp3) is 0.600. The van der Waals surface area contributed by atoms with Crippen molar-refractivity contribution in [1.29, 1.82) is 0 Å². The molecule has 5 aromatic carbocycles. The van der Waals surface area contributed by atoms with Crippen molar-refractivity contribution in [2.75, 3.05) is 33.5 Å². The van der Waals surface area contributed by atoms with Crippen LogP contribution in [0.1, 0.15) is 175 Å². The van der Waals surface area contributed by atoms with Gasteiger partial charge in [-0.1, -0.05) is 55.9 Å². The summed E-state index contributed by atoms with van der Waals surface area (Å²) in [6.45, 7) is 3.49. The highest BCUT2D eigenvalue weighted by atomic mass is 16.5. The number of aliphatic hydroxyl groups is 2. The molecule has 1 saturated heterocycles. The van der Waals surface area contributed by atoms with Crippen molar-refractivity contribution < 1.29 is 54.0 Å². The normalized spacial score (nSPS) is 38.5. The molecule has 5 aromatic rings. The van der Waals surface area contributed by atoms with Crippen LogP contribution in [0.5, 0.6) is 40.2 Å². The largest absolute Gasteiger partial charge is 0.508 e. The van der Waals surface area contributed by atoms with E-state index >= 15 is 0 Å². The molecule has 8 saturated carbocycles. The number of methoxy groups -OCH3 is 1. The smallest absolute Gasteiger partial charge is 0.149 e. The number of aromatic hydroxyl groups is 3. The molecule has 5 spiro atoms. The van der Waals surface area contributed by atoms with Crippen molar-refractivity contribution in [3.63, 3.8) is 0 Å². The average molecular weight is 1260 g/mol. The minimum absolute atomic E-state index is 0.0274. The number of benzene rings is 5. The molecule has 18 atom stereocenters. The lowest BCUT2D eigenvalue weighted by Crippen LogP contribution is -2.83. The Balaban J connectivity index is 0.795. The van der Waals surface area contributed by atoms with E-state index < -0.39 is 47.9 Å². The molecule has 14 aliphatic rings. The zero-order chi connectivity index (χ0) is 62.8. The summed E-state index contributed by atoms with van der Waals surface area (Å²) in [4.78, 5) is 0. The van der Waals surface area contributed by atoms with Crippen LogP contribution >= 0.6 is 0 Å². The van der Waals surface area contributed by atoms with Crippen LogP contribution in [0.2, 0.25) is 0 Å². The third-order valence-electron chi connectivity index (χ3n) is 27.8. The van der Waals surface area contributed by atoms with Gasteiger partial charge in [0.15, 0.2) is 0 Å². The van der Waals surface area contributed by atoms with Crippen LogP contribution in [0, 0.1) is 81.3 Å². The van der Waals surface area contributed by atoms with Gasteiger partial charge in [-0.15, -0.1) is 0 Å². The summed E-state index contributed by atoms with van der Waals surface area (Å²) < 4.78 is 43.2. The third kappa shape index (κ3) is 8.98. The molecule has 13 nitrogen and oxygen atoms in total. The van der Waals surface area contributed by atoms with Gasteiger partial charge in [-0.3, -0.25) is 10.6 Å². The highest BCUT2D eigenvalue weighted by Gasteiger charge is 2.78. The van der Waals surface area contributed by atoms with E-state index in [4.69, 9.17) is 33.7 Å². The van der Waals surface area contributed by atoms with Gasteiger partial charge in [-0.25, -0.2) is 0 Å². The monoisotopic (exact) mass is 1260 g/mol. The van der Waals surface area contributed by atoms with Gasteiger partial charge in [-0.2, -0.15) is 0 Å². The van der Waals surface area contributed by atoms with E-state index in [0.717, 1.165) is 88.6 Å². The van der Waals surface area contributed by atoms with E-state index in [1.54, 1.807) is 31.4 Å². The first-order valence-corrected chi connectivity index (χ1v) is 36.2. The number of phenolic OH excluding ortho intramolecular Hbond substituents is 3. The fourth-order valence-corrected chi connectivity index (χ4v) is 24.2. The van der Waals surface area contributed by atoms with Gasteiger partial charge < -0.3 is 54.0 Å².